The monoisotopic (exact) mass is 244 g/mol. The molecule has 0 bridgehead atoms. The van der Waals surface area contributed by atoms with E-state index in [0.717, 1.165) is 25.9 Å². The summed E-state index contributed by atoms with van der Waals surface area (Å²) in [5, 5.41) is 3.22. The van der Waals surface area contributed by atoms with Gasteiger partial charge in [0.1, 0.15) is 13.2 Å². The van der Waals surface area contributed by atoms with Gasteiger partial charge in [0.05, 0.1) is 13.2 Å². The SMILES string of the molecule is COC(=O)CN(C)C(=O)COC1CCNCC1. The van der Waals surface area contributed by atoms with Crippen molar-refractivity contribution in [2.45, 2.75) is 18.9 Å². The lowest BCUT2D eigenvalue weighted by Gasteiger charge is -2.24. The second kappa shape index (κ2) is 7.24. The number of carbonyl (C=O) groups excluding carboxylic acids is 2. The molecule has 6 heteroatoms. The first-order valence-electron chi connectivity index (χ1n) is 5.76. The molecule has 1 heterocycles. The van der Waals surface area contributed by atoms with Crippen LogP contribution in [0.5, 0.6) is 0 Å². The number of hydrogen-bond donors (Lipinski definition) is 1. The molecule has 1 N–H and O–H groups in total. The molecule has 1 fully saturated rings. The van der Waals surface area contributed by atoms with Gasteiger partial charge in [0.2, 0.25) is 5.91 Å². The average molecular weight is 244 g/mol. The van der Waals surface area contributed by atoms with Gasteiger partial charge in [-0.25, -0.2) is 0 Å². The van der Waals surface area contributed by atoms with Crippen molar-refractivity contribution in [1.29, 1.82) is 0 Å². The highest BCUT2D eigenvalue weighted by Gasteiger charge is 2.17. The number of nitrogens with one attached hydrogen (secondary N) is 1. The number of likely N-dealkylation sites (N-methyl/N-ethyl adjacent to an activating group) is 1. The normalized spacial score (nSPS) is 16.6. The topological polar surface area (TPSA) is 67.9 Å². The van der Waals surface area contributed by atoms with E-state index in [9.17, 15) is 9.59 Å². The zero-order chi connectivity index (χ0) is 12.7. The molecule has 0 saturated carbocycles. The molecule has 1 saturated heterocycles. The predicted molar refractivity (Wildman–Crippen MR) is 61.5 cm³/mol. The summed E-state index contributed by atoms with van der Waals surface area (Å²) in [6, 6.07) is 0. The van der Waals surface area contributed by atoms with Gasteiger partial charge in [0.15, 0.2) is 0 Å². The van der Waals surface area contributed by atoms with Crippen LogP contribution in [0.2, 0.25) is 0 Å². The third kappa shape index (κ3) is 5.14. The fourth-order valence-corrected chi connectivity index (χ4v) is 1.61. The van der Waals surface area contributed by atoms with Gasteiger partial charge in [-0.05, 0) is 25.9 Å². The van der Waals surface area contributed by atoms with E-state index < -0.39 is 5.97 Å². The van der Waals surface area contributed by atoms with Gasteiger partial charge in [-0.15, -0.1) is 0 Å². The third-order valence-electron chi connectivity index (χ3n) is 2.75. The number of piperidine rings is 1. The summed E-state index contributed by atoms with van der Waals surface area (Å²) in [4.78, 5) is 23.9. The number of amides is 1. The molecule has 0 aliphatic carbocycles. The van der Waals surface area contributed by atoms with Gasteiger partial charge in [-0.2, -0.15) is 0 Å². The summed E-state index contributed by atoms with van der Waals surface area (Å²) >= 11 is 0. The Kier molecular flexibility index (Phi) is 5.93. The first-order chi connectivity index (χ1) is 8.13. The lowest BCUT2D eigenvalue weighted by atomic mass is 10.1. The molecular weight excluding hydrogens is 224 g/mol. The van der Waals surface area contributed by atoms with Gasteiger partial charge in [-0.3, -0.25) is 9.59 Å². The predicted octanol–water partition coefficient (Wildman–Crippen LogP) is -0.614. The molecule has 0 radical (unpaired) electrons. The van der Waals surface area contributed by atoms with Crippen LogP contribution < -0.4 is 5.32 Å². The summed E-state index contributed by atoms with van der Waals surface area (Å²) in [5.41, 5.74) is 0. The van der Waals surface area contributed by atoms with Crippen molar-refractivity contribution in [1.82, 2.24) is 10.2 Å². The van der Waals surface area contributed by atoms with Crippen LogP contribution in [0.3, 0.4) is 0 Å². The molecule has 1 aliphatic rings. The van der Waals surface area contributed by atoms with Crippen LogP contribution in [-0.2, 0) is 19.1 Å². The Bertz CT molecular complexity index is 264. The minimum Gasteiger partial charge on any atom is -0.468 e. The summed E-state index contributed by atoms with van der Waals surface area (Å²) in [5.74, 6) is -0.628. The van der Waals surface area contributed by atoms with Crippen LogP contribution in [0, 0.1) is 0 Å². The Morgan fingerprint density at radius 3 is 2.59 bits per heavy atom. The molecule has 98 valence electrons. The minimum absolute atomic E-state index is 0.0260. The smallest absolute Gasteiger partial charge is 0.325 e. The first kappa shape index (κ1) is 13.9. The number of hydrogen-bond acceptors (Lipinski definition) is 5. The highest BCUT2D eigenvalue weighted by molar-refractivity contribution is 5.82. The maximum atomic E-state index is 11.6. The number of ether oxygens (including phenoxy) is 2. The molecule has 0 spiro atoms. The van der Waals surface area contributed by atoms with Crippen molar-refractivity contribution >= 4 is 11.9 Å². The summed E-state index contributed by atoms with van der Waals surface area (Å²) < 4.78 is 9.98. The number of nitrogens with zero attached hydrogens (tertiary/aromatic N) is 1. The van der Waals surface area contributed by atoms with E-state index in [-0.39, 0.29) is 25.2 Å². The van der Waals surface area contributed by atoms with E-state index in [2.05, 4.69) is 10.1 Å². The van der Waals surface area contributed by atoms with Crippen LogP contribution in [-0.4, -0.2) is 63.3 Å². The Labute approximate surface area is 101 Å². The average Bonchev–Trinajstić information content (AvgIpc) is 2.36. The largest absolute Gasteiger partial charge is 0.468 e. The molecule has 0 aromatic heterocycles. The zero-order valence-corrected chi connectivity index (χ0v) is 10.4. The molecule has 17 heavy (non-hydrogen) atoms. The van der Waals surface area contributed by atoms with E-state index in [0.29, 0.717) is 0 Å². The van der Waals surface area contributed by atoms with Gasteiger partial charge in [-0.1, -0.05) is 0 Å². The van der Waals surface area contributed by atoms with Crippen LogP contribution in [0.1, 0.15) is 12.8 Å². The van der Waals surface area contributed by atoms with Crippen LogP contribution in [0.15, 0.2) is 0 Å². The zero-order valence-electron chi connectivity index (χ0n) is 10.4. The second-order valence-corrected chi connectivity index (χ2v) is 4.09. The molecule has 0 atom stereocenters. The Morgan fingerprint density at radius 1 is 1.35 bits per heavy atom. The highest BCUT2D eigenvalue weighted by atomic mass is 16.5. The lowest BCUT2D eigenvalue weighted by molar-refractivity contribution is -0.148. The third-order valence-corrected chi connectivity index (χ3v) is 2.75. The van der Waals surface area contributed by atoms with Gasteiger partial charge in [0, 0.05) is 7.05 Å². The Hall–Kier alpha value is -1.14. The molecule has 1 aliphatic heterocycles. The van der Waals surface area contributed by atoms with Crippen LogP contribution in [0.4, 0.5) is 0 Å². The van der Waals surface area contributed by atoms with E-state index >= 15 is 0 Å². The number of esters is 1. The van der Waals surface area contributed by atoms with Crippen molar-refractivity contribution < 1.29 is 19.1 Å². The molecule has 0 aromatic carbocycles. The van der Waals surface area contributed by atoms with E-state index in [1.54, 1.807) is 7.05 Å². The first-order valence-corrected chi connectivity index (χ1v) is 5.76. The maximum absolute atomic E-state index is 11.6. The number of methoxy groups -OCH3 is 1. The summed E-state index contributed by atoms with van der Waals surface area (Å²) in [7, 11) is 2.86. The minimum atomic E-state index is -0.428. The fourth-order valence-electron chi connectivity index (χ4n) is 1.61. The van der Waals surface area contributed by atoms with Crippen LogP contribution >= 0.6 is 0 Å². The van der Waals surface area contributed by atoms with Crippen LogP contribution in [0.25, 0.3) is 0 Å². The molecule has 0 aromatic rings. The Morgan fingerprint density at radius 2 is 2.00 bits per heavy atom. The maximum Gasteiger partial charge on any atom is 0.325 e. The second-order valence-electron chi connectivity index (χ2n) is 4.09. The molecule has 6 nitrogen and oxygen atoms in total. The van der Waals surface area contributed by atoms with Gasteiger partial charge < -0.3 is 19.7 Å². The fraction of sp³-hybridized carbons (Fsp3) is 0.818. The highest BCUT2D eigenvalue weighted by Crippen LogP contribution is 2.07. The van der Waals surface area contributed by atoms with E-state index in [1.807, 2.05) is 0 Å². The van der Waals surface area contributed by atoms with Crippen molar-refractivity contribution in [3.05, 3.63) is 0 Å². The molecule has 1 amide bonds. The van der Waals surface area contributed by atoms with Gasteiger partial charge in [0.25, 0.3) is 0 Å². The molecule has 1 rings (SSSR count). The van der Waals surface area contributed by atoms with Crippen molar-refractivity contribution in [2.24, 2.45) is 0 Å². The van der Waals surface area contributed by atoms with Crippen molar-refractivity contribution in [3.8, 4) is 0 Å². The number of carbonyl (C=O) groups is 2. The van der Waals surface area contributed by atoms with Crippen molar-refractivity contribution in [2.75, 3.05) is 40.4 Å². The van der Waals surface area contributed by atoms with Gasteiger partial charge >= 0.3 is 5.97 Å². The molecular formula is C11H20N2O4. The molecule has 0 unspecified atom stereocenters. The van der Waals surface area contributed by atoms with Crippen molar-refractivity contribution in [3.63, 3.8) is 0 Å². The van der Waals surface area contributed by atoms with E-state index in [4.69, 9.17) is 4.74 Å². The summed E-state index contributed by atoms with van der Waals surface area (Å²) in [6.45, 7) is 1.84. The number of rotatable bonds is 5. The standard InChI is InChI=1S/C11H20N2O4/c1-13(7-11(15)16-2)10(14)8-17-9-3-5-12-6-4-9/h9,12H,3-8H2,1-2H3. The van der Waals surface area contributed by atoms with E-state index in [1.165, 1.54) is 12.0 Å². The lowest BCUT2D eigenvalue weighted by Crippen LogP contribution is -2.38. The quantitative estimate of drug-likeness (QED) is 0.653. The summed E-state index contributed by atoms with van der Waals surface area (Å²) in [6.07, 6.45) is 1.99. The Balaban J connectivity index is 2.21.